The van der Waals surface area contributed by atoms with Crippen LogP contribution in [0.25, 0.3) is 0 Å². The van der Waals surface area contributed by atoms with Crippen molar-refractivity contribution in [1.82, 2.24) is 19.4 Å². The second-order valence-corrected chi connectivity index (χ2v) is 10.4. The Hall–Kier alpha value is -3.28. The first-order valence-electron chi connectivity index (χ1n) is 10.7. The van der Waals surface area contributed by atoms with Crippen LogP contribution in [0.5, 0.6) is 0 Å². The highest BCUT2D eigenvalue weighted by atomic mass is 32.2. The van der Waals surface area contributed by atoms with Crippen molar-refractivity contribution < 1.29 is 17.6 Å². The summed E-state index contributed by atoms with van der Waals surface area (Å²) >= 11 is 0. The molecule has 2 N–H and O–H groups in total. The van der Waals surface area contributed by atoms with Crippen LogP contribution < -0.4 is 10.2 Å². The Balaban J connectivity index is 1.43. The monoisotopic (exact) mass is 486 g/mol. The molecule has 3 aromatic rings. The van der Waals surface area contributed by atoms with Crippen molar-refractivity contribution in [2.24, 2.45) is 0 Å². The van der Waals surface area contributed by atoms with E-state index in [1.807, 2.05) is 33.3 Å². The van der Waals surface area contributed by atoms with E-state index in [9.17, 15) is 17.6 Å². The number of carbonyl (C=O) groups excluding carboxylic acids is 1. The van der Waals surface area contributed by atoms with Crippen LogP contribution in [0.15, 0.2) is 53.4 Å². The molecule has 2 heterocycles. The fraction of sp³-hybridized carbons (Fsp3) is 0.304. The second-order valence-electron chi connectivity index (χ2n) is 8.49. The summed E-state index contributed by atoms with van der Waals surface area (Å²) in [7, 11) is 2.14. The number of benzene rings is 2. The number of sulfonamides is 1. The van der Waals surface area contributed by atoms with Crippen molar-refractivity contribution in [1.29, 1.82) is 0 Å². The molecule has 2 aromatic carbocycles. The molecule has 11 heteroatoms. The van der Waals surface area contributed by atoms with Gasteiger partial charge in [-0.1, -0.05) is 6.07 Å². The van der Waals surface area contributed by atoms with Crippen LogP contribution in [0.3, 0.4) is 0 Å². The van der Waals surface area contributed by atoms with Gasteiger partial charge in [0.2, 0.25) is 10.0 Å². The Labute approximate surface area is 198 Å². The summed E-state index contributed by atoms with van der Waals surface area (Å²) in [6.07, 6.45) is 0. The van der Waals surface area contributed by atoms with E-state index in [4.69, 9.17) is 0 Å². The zero-order chi connectivity index (χ0) is 24.5. The van der Waals surface area contributed by atoms with E-state index in [1.165, 1.54) is 22.5 Å². The Morgan fingerprint density at radius 2 is 1.85 bits per heavy atom. The van der Waals surface area contributed by atoms with Gasteiger partial charge < -0.3 is 15.1 Å². The molecule has 0 atom stereocenters. The van der Waals surface area contributed by atoms with Crippen molar-refractivity contribution in [3.8, 4) is 0 Å². The minimum Gasteiger partial charge on any atom is -0.373 e. The molecule has 4 rings (SSSR count). The van der Waals surface area contributed by atoms with E-state index < -0.39 is 15.8 Å². The average molecular weight is 487 g/mol. The lowest BCUT2D eigenvalue weighted by Crippen LogP contribution is -2.28. The van der Waals surface area contributed by atoms with Crippen molar-refractivity contribution in [3.63, 3.8) is 0 Å². The number of aromatic nitrogens is 2. The zero-order valence-electron chi connectivity index (χ0n) is 19.2. The van der Waals surface area contributed by atoms with E-state index in [0.29, 0.717) is 16.8 Å². The van der Waals surface area contributed by atoms with Gasteiger partial charge in [-0.3, -0.25) is 9.89 Å². The minimum absolute atomic E-state index is 0.0237. The van der Waals surface area contributed by atoms with E-state index in [2.05, 4.69) is 25.3 Å². The van der Waals surface area contributed by atoms with E-state index in [0.717, 1.165) is 24.8 Å². The van der Waals surface area contributed by atoms with Crippen LogP contribution in [0.4, 0.5) is 15.9 Å². The zero-order valence-corrected chi connectivity index (χ0v) is 20.1. The molecule has 0 spiro atoms. The predicted octanol–water partition coefficient (Wildman–Crippen LogP) is 2.50. The summed E-state index contributed by atoms with van der Waals surface area (Å²) in [5.74, 6) is -0.685. The number of likely N-dealkylation sites (N-methyl/N-ethyl adjacent to an activating group) is 2. The Kier molecular flexibility index (Phi) is 6.69. The topological polar surface area (TPSA) is 102 Å². The molecule has 9 nitrogen and oxygen atoms in total. The quantitative estimate of drug-likeness (QED) is 0.507. The van der Waals surface area contributed by atoms with Gasteiger partial charge in [0, 0.05) is 43.5 Å². The highest BCUT2D eigenvalue weighted by molar-refractivity contribution is 7.89. The lowest BCUT2D eigenvalue weighted by molar-refractivity contribution is 0.102. The first-order valence-corrected chi connectivity index (χ1v) is 12.2. The van der Waals surface area contributed by atoms with Gasteiger partial charge >= 0.3 is 0 Å². The lowest BCUT2D eigenvalue weighted by atomic mass is 10.1. The molecule has 0 radical (unpaired) electrons. The number of halogens is 1. The van der Waals surface area contributed by atoms with Crippen LogP contribution in [-0.2, 0) is 23.1 Å². The number of carbonyl (C=O) groups is 1. The number of nitrogens with one attached hydrogen (secondary N) is 2. The first-order chi connectivity index (χ1) is 16.1. The van der Waals surface area contributed by atoms with Gasteiger partial charge in [0.05, 0.1) is 17.1 Å². The molecule has 0 unspecified atom stereocenters. The summed E-state index contributed by atoms with van der Waals surface area (Å²) in [5.41, 5.74) is 2.64. The van der Waals surface area contributed by atoms with Crippen molar-refractivity contribution in [3.05, 3.63) is 71.2 Å². The number of fused-ring (bicyclic) bond motifs is 1. The van der Waals surface area contributed by atoms with Crippen molar-refractivity contribution in [2.45, 2.75) is 18.0 Å². The van der Waals surface area contributed by atoms with E-state index in [1.54, 1.807) is 12.1 Å². The SMILES string of the molecule is CN(C)CCN(C)c1ccc(C(=O)Nc2n[nH]c3c2CN(S(=O)(=O)c2cccc(F)c2)C3)cc1. The average Bonchev–Trinajstić information content (AvgIpc) is 3.40. The lowest BCUT2D eigenvalue weighted by Gasteiger charge is -2.21. The molecule has 34 heavy (non-hydrogen) atoms. The number of hydrogen-bond acceptors (Lipinski definition) is 6. The Morgan fingerprint density at radius 1 is 1.12 bits per heavy atom. The second kappa shape index (κ2) is 9.53. The van der Waals surface area contributed by atoms with Crippen LogP contribution in [0, 0.1) is 5.82 Å². The summed E-state index contributed by atoms with van der Waals surface area (Å²) in [5, 5.41) is 9.71. The molecular weight excluding hydrogens is 459 g/mol. The van der Waals surface area contributed by atoms with Gasteiger partial charge in [-0.2, -0.15) is 9.40 Å². The first kappa shape index (κ1) is 23.9. The third kappa shape index (κ3) is 4.96. The summed E-state index contributed by atoms with van der Waals surface area (Å²) in [6, 6.07) is 12.1. The van der Waals surface area contributed by atoms with Gasteiger partial charge in [-0.15, -0.1) is 0 Å². The molecular formula is C23H27FN6O3S. The summed E-state index contributed by atoms with van der Waals surface area (Å²) in [6.45, 7) is 1.85. The van der Waals surface area contributed by atoms with Gasteiger partial charge in [0.1, 0.15) is 5.82 Å². The van der Waals surface area contributed by atoms with Gasteiger partial charge in [0.25, 0.3) is 5.91 Å². The van der Waals surface area contributed by atoms with Gasteiger partial charge in [-0.25, -0.2) is 12.8 Å². The van der Waals surface area contributed by atoms with Crippen LogP contribution in [-0.4, -0.2) is 68.0 Å². The minimum atomic E-state index is -3.89. The molecule has 1 aromatic heterocycles. The number of hydrogen-bond donors (Lipinski definition) is 2. The fourth-order valence-electron chi connectivity index (χ4n) is 3.69. The van der Waals surface area contributed by atoms with Crippen molar-refractivity contribution >= 4 is 27.4 Å². The maximum atomic E-state index is 13.5. The van der Waals surface area contributed by atoms with Gasteiger partial charge in [-0.05, 0) is 56.6 Å². The van der Waals surface area contributed by atoms with Crippen molar-refractivity contribution in [2.75, 3.05) is 44.4 Å². The third-order valence-electron chi connectivity index (χ3n) is 5.74. The fourth-order valence-corrected chi connectivity index (χ4v) is 5.10. The maximum Gasteiger partial charge on any atom is 0.256 e. The largest absolute Gasteiger partial charge is 0.373 e. The molecule has 0 aliphatic carbocycles. The number of aromatic amines is 1. The molecule has 180 valence electrons. The number of anilines is 2. The molecule has 0 fully saturated rings. The van der Waals surface area contributed by atoms with E-state index >= 15 is 0 Å². The van der Waals surface area contributed by atoms with E-state index in [-0.39, 0.29) is 29.7 Å². The molecule has 0 saturated heterocycles. The molecule has 1 aliphatic rings. The third-order valence-corrected chi connectivity index (χ3v) is 7.53. The number of nitrogens with zero attached hydrogens (tertiary/aromatic N) is 4. The summed E-state index contributed by atoms with van der Waals surface area (Å²) < 4.78 is 40.6. The van der Waals surface area contributed by atoms with Crippen LogP contribution in [0.1, 0.15) is 21.6 Å². The standard InChI is InChI=1S/C23H27FN6O3S/c1-28(2)11-12-29(3)18-9-7-16(8-10-18)23(31)25-22-20-14-30(15-21(20)26-27-22)34(32,33)19-6-4-5-17(24)13-19/h4-10,13H,11-12,14-15H2,1-3H3,(H2,25,26,27,31). The molecule has 1 amide bonds. The molecule has 0 bridgehead atoms. The molecule has 1 aliphatic heterocycles. The normalized spacial score (nSPS) is 13.8. The van der Waals surface area contributed by atoms with Gasteiger partial charge in [0.15, 0.2) is 5.82 Å². The number of rotatable bonds is 8. The predicted molar refractivity (Wildman–Crippen MR) is 128 cm³/mol. The summed E-state index contributed by atoms with van der Waals surface area (Å²) in [4.78, 5) is 16.9. The number of amides is 1. The highest BCUT2D eigenvalue weighted by Gasteiger charge is 2.34. The van der Waals surface area contributed by atoms with Crippen LogP contribution in [0.2, 0.25) is 0 Å². The molecule has 0 saturated carbocycles. The Morgan fingerprint density at radius 3 is 2.53 bits per heavy atom. The Bertz CT molecular complexity index is 1290. The van der Waals surface area contributed by atoms with Crippen LogP contribution >= 0.6 is 0 Å². The maximum absolute atomic E-state index is 13.5. The number of H-pyrrole nitrogens is 1. The smallest absolute Gasteiger partial charge is 0.256 e. The highest BCUT2D eigenvalue weighted by Crippen LogP contribution is 2.32.